The maximum atomic E-state index is 11.9. The number of amides is 2. The van der Waals surface area contributed by atoms with Gasteiger partial charge in [0, 0.05) is 0 Å². The summed E-state index contributed by atoms with van der Waals surface area (Å²) in [7, 11) is 0. The molecule has 0 aromatic heterocycles. The van der Waals surface area contributed by atoms with E-state index in [1.807, 2.05) is 26.0 Å². The van der Waals surface area contributed by atoms with E-state index in [-0.39, 0.29) is 38.8 Å². The Morgan fingerprint density at radius 3 is 2.81 bits per heavy atom. The molecule has 1 aromatic rings. The van der Waals surface area contributed by atoms with Crippen molar-refractivity contribution in [1.29, 1.82) is 0 Å². The zero-order valence-electron chi connectivity index (χ0n) is 11.8. The van der Waals surface area contributed by atoms with Crippen molar-refractivity contribution in [3.05, 3.63) is 18.2 Å². The van der Waals surface area contributed by atoms with Crippen molar-refractivity contribution in [2.75, 3.05) is 11.9 Å². The van der Waals surface area contributed by atoms with Gasteiger partial charge in [-0.1, -0.05) is 0 Å². The monoisotopic (exact) mass is 355 g/mol. The van der Waals surface area contributed by atoms with Gasteiger partial charge in [-0.3, -0.25) is 0 Å². The molecule has 0 spiro atoms. The third-order valence-electron chi connectivity index (χ3n) is 3.00. The van der Waals surface area contributed by atoms with E-state index < -0.39 is 6.04 Å². The summed E-state index contributed by atoms with van der Waals surface area (Å²) >= 11 is -0.151. The molecule has 2 rings (SSSR count). The van der Waals surface area contributed by atoms with Gasteiger partial charge in [-0.2, -0.15) is 0 Å². The van der Waals surface area contributed by atoms with Gasteiger partial charge in [-0.25, -0.2) is 0 Å². The Bertz CT molecular complexity index is 637. The molecular formula is C13H17N5O2Se. The van der Waals surface area contributed by atoms with E-state index in [4.69, 9.17) is 5.73 Å². The number of nitrogens with one attached hydrogen (secondary N) is 2. The number of hydrogen-bond donors (Lipinski definition) is 3. The molecule has 0 radical (unpaired) electrons. The second-order valence-corrected chi connectivity index (χ2v) is 6.08. The number of rotatable bonds is 5. The molecule has 8 heteroatoms. The first-order chi connectivity index (χ1) is 9.99. The van der Waals surface area contributed by atoms with Gasteiger partial charge in [0.05, 0.1) is 0 Å². The van der Waals surface area contributed by atoms with Gasteiger partial charge in [-0.05, 0) is 0 Å². The Balaban J connectivity index is 1.90. The van der Waals surface area contributed by atoms with Crippen LogP contribution in [0, 0.1) is 5.92 Å². The van der Waals surface area contributed by atoms with Gasteiger partial charge in [0.1, 0.15) is 0 Å². The van der Waals surface area contributed by atoms with Gasteiger partial charge >= 0.3 is 128 Å². The molecule has 112 valence electrons. The molecule has 1 aliphatic rings. The summed E-state index contributed by atoms with van der Waals surface area (Å²) < 4.78 is 8.51. The Labute approximate surface area is 128 Å². The molecule has 1 atom stereocenters. The van der Waals surface area contributed by atoms with Crippen LogP contribution in [-0.2, 0) is 9.59 Å². The van der Waals surface area contributed by atoms with Crippen molar-refractivity contribution in [1.82, 2.24) is 5.32 Å². The Hall–Kier alpha value is -1.76. The molecule has 1 aliphatic heterocycles. The van der Waals surface area contributed by atoms with Crippen molar-refractivity contribution in [3.63, 3.8) is 0 Å². The number of benzene rings is 1. The zero-order valence-corrected chi connectivity index (χ0v) is 13.5. The van der Waals surface area contributed by atoms with Crippen LogP contribution in [0.2, 0.25) is 0 Å². The van der Waals surface area contributed by atoms with Crippen LogP contribution in [-0.4, -0.2) is 39.0 Å². The van der Waals surface area contributed by atoms with E-state index >= 15 is 0 Å². The number of nitrogens with two attached hydrogens (primary N) is 1. The van der Waals surface area contributed by atoms with Gasteiger partial charge in [-0.15, -0.1) is 0 Å². The van der Waals surface area contributed by atoms with Crippen LogP contribution in [0.25, 0.3) is 0 Å². The maximum absolute atomic E-state index is 11.9. The van der Waals surface area contributed by atoms with Crippen LogP contribution < -0.4 is 16.4 Å². The summed E-state index contributed by atoms with van der Waals surface area (Å²) in [6.07, 6.45) is 0. The van der Waals surface area contributed by atoms with E-state index in [1.165, 1.54) is 0 Å². The first-order valence-corrected chi connectivity index (χ1v) is 8.06. The van der Waals surface area contributed by atoms with Crippen LogP contribution in [0.4, 0.5) is 17.1 Å². The summed E-state index contributed by atoms with van der Waals surface area (Å²) in [4.78, 5) is 23.6. The number of carbonyl (C=O) groups is 2. The number of anilines is 1. The molecule has 7 nitrogen and oxygen atoms in total. The minimum absolute atomic E-state index is 0.0214. The minimum atomic E-state index is -0.615. The van der Waals surface area contributed by atoms with Gasteiger partial charge in [0.15, 0.2) is 0 Å². The molecule has 1 aromatic carbocycles. The van der Waals surface area contributed by atoms with E-state index in [2.05, 4.69) is 18.6 Å². The summed E-state index contributed by atoms with van der Waals surface area (Å²) in [5.74, 6) is -0.628. The fourth-order valence-electron chi connectivity index (χ4n) is 1.69. The molecule has 0 unspecified atom stereocenters. The first kappa shape index (κ1) is 15.6. The first-order valence-electron chi connectivity index (χ1n) is 6.53. The number of hydrogen-bond acceptors (Lipinski definition) is 5. The molecule has 0 bridgehead atoms. The number of carbonyl (C=O) groups excluding carboxylic acids is 2. The predicted molar refractivity (Wildman–Crippen MR) is 80.8 cm³/mol. The zero-order chi connectivity index (χ0) is 15.4. The normalized spacial score (nSPS) is 13.5. The predicted octanol–water partition coefficient (Wildman–Crippen LogP) is 1.07. The van der Waals surface area contributed by atoms with Crippen LogP contribution in [0.5, 0.6) is 0 Å². The van der Waals surface area contributed by atoms with Gasteiger partial charge in [0.2, 0.25) is 0 Å². The summed E-state index contributed by atoms with van der Waals surface area (Å²) in [5.41, 5.74) is 7.81. The van der Waals surface area contributed by atoms with Gasteiger partial charge < -0.3 is 0 Å². The number of nitrogens with zero attached hydrogens (tertiary/aromatic N) is 2. The Morgan fingerprint density at radius 1 is 1.33 bits per heavy atom. The molecule has 0 aliphatic carbocycles. The average Bonchev–Trinajstić information content (AvgIpc) is 2.93. The van der Waals surface area contributed by atoms with E-state index in [1.54, 1.807) is 6.07 Å². The van der Waals surface area contributed by atoms with Crippen LogP contribution >= 0.6 is 0 Å². The van der Waals surface area contributed by atoms with Crippen molar-refractivity contribution in [2.24, 2.45) is 19.6 Å². The second-order valence-electron chi connectivity index (χ2n) is 4.97. The van der Waals surface area contributed by atoms with Crippen molar-refractivity contribution in [2.45, 2.75) is 19.9 Å². The third kappa shape index (κ3) is 3.87. The van der Waals surface area contributed by atoms with Crippen LogP contribution in [0.1, 0.15) is 13.8 Å². The molecule has 0 saturated heterocycles. The fourth-order valence-corrected chi connectivity index (χ4v) is 2.84. The van der Waals surface area contributed by atoms with E-state index in [0.29, 0.717) is 11.4 Å². The van der Waals surface area contributed by atoms with Crippen molar-refractivity contribution >= 4 is 43.4 Å². The molecule has 0 fully saturated rings. The molecule has 21 heavy (non-hydrogen) atoms. The average molecular weight is 354 g/mol. The number of fused-ring (bicyclic) bond motifs is 1. The Morgan fingerprint density at radius 2 is 2.10 bits per heavy atom. The molecule has 2 amide bonds. The fraction of sp³-hybridized carbons (Fsp3) is 0.385. The molecular weight excluding hydrogens is 337 g/mol. The SMILES string of the molecule is CC(C)[C@H](N)C(=O)NCC(=O)Nc1cccc2c1N=[Se]=N2. The summed E-state index contributed by atoms with van der Waals surface area (Å²) in [5, 5.41) is 5.25. The Kier molecular flexibility index (Phi) is 5.06. The second kappa shape index (κ2) is 6.80. The van der Waals surface area contributed by atoms with Crippen molar-refractivity contribution < 1.29 is 9.59 Å². The van der Waals surface area contributed by atoms with Gasteiger partial charge in [0.25, 0.3) is 0 Å². The standard InChI is InChI=1S/C13H17N5O2Se/c1-7(2)11(14)13(20)15-6-10(19)16-8-4-3-5-9-12(8)18-21-17-9/h3-5,7,11H,6,14H2,1-2H3,(H,15,20)(H,16,19)/t11-/m0/s1. The van der Waals surface area contributed by atoms with Crippen LogP contribution in [0.3, 0.4) is 0 Å². The van der Waals surface area contributed by atoms with Crippen molar-refractivity contribution in [3.8, 4) is 0 Å². The van der Waals surface area contributed by atoms with Crippen LogP contribution in [0.15, 0.2) is 26.1 Å². The molecule has 1 heterocycles. The third-order valence-corrected chi connectivity index (χ3v) is 4.14. The summed E-state index contributed by atoms with van der Waals surface area (Å²) in [6, 6.07) is 4.81. The summed E-state index contributed by atoms with van der Waals surface area (Å²) in [6.45, 7) is 3.58. The molecule has 4 N–H and O–H groups in total. The van der Waals surface area contributed by atoms with E-state index in [9.17, 15) is 9.59 Å². The quantitative estimate of drug-likeness (QED) is 0.699. The topological polar surface area (TPSA) is 109 Å². The van der Waals surface area contributed by atoms with E-state index in [0.717, 1.165) is 5.69 Å². The molecule has 0 saturated carbocycles.